The molecule has 1 heterocycles. The average molecular weight is 373 g/mol. The lowest BCUT2D eigenvalue weighted by atomic mass is 9.43. The molecule has 1 aliphatic heterocycles. The molecular weight excluding hydrogens is 340 g/mol. The third kappa shape index (κ3) is 2.26. The number of carbonyl (C=O) groups is 1. The predicted octanol–water partition coefficient (Wildman–Crippen LogP) is 3.32. The van der Waals surface area contributed by atoms with Crippen LogP contribution in [0.3, 0.4) is 0 Å². The number of ether oxygens (including phenoxy) is 2. The molecule has 1 N–H and O–H groups in total. The van der Waals surface area contributed by atoms with Crippen molar-refractivity contribution in [3.8, 4) is 12.3 Å². The van der Waals surface area contributed by atoms with Crippen LogP contribution in [0, 0.1) is 46.8 Å². The van der Waals surface area contributed by atoms with Crippen molar-refractivity contribution in [1.29, 1.82) is 0 Å². The van der Waals surface area contributed by atoms with Crippen molar-refractivity contribution < 1.29 is 19.4 Å². The monoisotopic (exact) mass is 372 g/mol. The minimum absolute atomic E-state index is 0.140. The molecular formula is C23H32O4. The number of aliphatic hydroxyl groups is 1. The number of hydrogen-bond acceptors (Lipinski definition) is 4. The first-order valence-electron chi connectivity index (χ1n) is 10.8. The van der Waals surface area contributed by atoms with Crippen LogP contribution in [-0.2, 0) is 14.3 Å². The van der Waals surface area contributed by atoms with E-state index in [0.29, 0.717) is 56.0 Å². The molecule has 0 aromatic rings. The number of Topliss-reactive ketones (excluding diaryl/α,β-unsaturated/α-hetero) is 1. The first kappa shape index (κ1) is 18.2. The molecule has 0 unspecified atom stereocenters. The molecule has 4 aliphatic carbocycles. The van der Waals surface area contributed by atoms with Gasteiger partial charge in [0.05, 0.1) is 13.2 Å². The normalized spacial score (nSPS) is 53.5. The maximum atomic E-state index is 12.8. The largest absolute Gasteiger partial charge is 0.378 e. The summed E-state index contributed by atoms with van der Waals surface area (Å²) in [5.41, 5.74) is -1.06. The van der Waals surface area contributed by atoms with Crippen molar-refractivity contribution in [2.75, 3.05) is 13.2 Å². The number of carbonyl (C=O) groups excluding carboxylic acids is 1. The standard InChI is InChI=1S/C23H32O4/c1-4-22(25)10-9-20(2)15(13-22)14-23(26-11-12-27-23)19-16-5-6-18(24)21(16,3)8-7-17(19)20/h1,15-17,19,25H,5-14H2,2-3H3/t15-,16-,17+,19-,20+,21+,22-/m1/s1. The molecule has 148 valence electrons. The summed E-state index contributed by atoms with van der Waals surface area (Å²) < 4.78 is 12.7. The van der Waals surface area contributed by atoms with E-state index < -0.39 is 11.4 Å². The van der Waals surface area contributed by atoms with Gasteiger partial charge in [-0.1, -0.05) is 19.8 Å². The molecule has 4 heteroatoms. The number of ketones is 1. The zero-order chi connectivity index (χ0) is 19.1. The van der Waals surface area contributed by atoms with Crippen LogP contribution in [-0.4, -0.2) is 35.5 Å². The Morgan fingerprint density at radius 2 is 1.81 bits per heavy atom. The molecule has 1 saturated heterocycles. The van der Waals surface area contributed by atoms with Gasteiger partial charge in [-0.15, -0.1) is 6.42 Å². The highest BCUT2D eigenvalue weighted by Crippen LogP contribution is 2.69. The molecule has 4 saturated carbocycles. The van der Waals surface area contributed by atoms with Gasteiger partial charge in [0.2, 0.25) is 0 Å². The lowest BCUT2D eigenvalue weighted by Crippen LogP contribution is -2.64. The van der Waals surface area contributed by atoms with Crippen molar-refractivity contribution in [3.05, 3.63) is 0 Å². The van der Waals surface area contributed by atoms with Gasteiger partial charge in [0.15, 0.2) is 5.79 Å². The summed E-state index contributed by atoms with van der Waals surface area (Å²) in [4.78, 5) is 12.8. The fourth-order valence-corrected chi connectivity index (χ4v) is 7.87. The third-order valence-corrected chi connectivity index (χ3v) is 9.50. The molecule has 27 heavy (non-hydrogen) atoms. The van der Waals surface area contributed by atoms with Crippen molar-refractivity contribution in [2.24, 2.45) is 34.5 Å². The highest BCUT2D eigenvalue weighted by molar-refractivity contribution is 5.87. The van der Waals surface area contributed by atoms with Gasteiger partial charge in [-0.25, -0.2) is 0 Å². The molecule has 5 rings (SSSR count). The number of fused-ring (bicyclic) bond motifs is 6. The van der Waals surface area contributed by atoms with Crippen LogP contribution in [0.4, 0.5) is 0 Å². The Bertz CT molecular complexity index is 704. The zero-order valence-electron chi connectivity index (χ0n) is 16.6. The summed E-state index contributed by atoms with van der Waals surface area (Å²) in [5.74, 6) is 3.92. The van der Waals surface area contributed by atoms with E-state index in [1.165, 1.54) is 0 Å². The zero-order valence-corrected chi connectivity index (χ0v) is 16.6. The second-order valence-corrected chi connectivity index (χ2v) is 10.5. The Balaban J connectivity index is 1.58. The highest BCUT2D eigenvalue weighted by Gasteiger charge is 2.69. The molecule has 0 amide bonds. The Hall–Kier alpha value is -0.890. The number of hydrogen-bond donors (Lipinski definition) is 1. The lowest BCUT2D eigenvalue weighted by molar-refractivity contribution is -0.299. The molecule has 0 radical (unpaired) electrons. The van der Waals surface area contributed by atoms with E-state index in [1.807, 2.05) is 0 Å². The molecule has 0 bridgehead atoms. The Kier molecular flexibility index (Phi) is 3.76. The number of terminal acetylenes is 1. The summed E-state index contributed by atoms with van der Waals surface area (Å²) in [6.07, 6.45) is 12.5. The maximum absolute atomic E-state index is 12.8. The van der Waals surface area contributed by atoms with Crippen molar-refractivity contribution in [3.63, 3.8) is 0 Å². The average Bonchev–Trinajstić information content (AvgIpc) is 3.23. The van der Waals surface area contributed by atoms with Crippen LogP contribution in [0.5, 0.6) is 0 Å². The summed E-state index contributed by atoms with van der Waals surface area (Å²) in [5, 5.41) is 10.8. The smallest absolute Gasteiger partial charge is 0.172 e. The van der Waals surface area contributed by atoms with E-state index in [4.69, 9.17) is 15.9 Å². The Morgan fingerprint density at radius 1 is 1.07 bits per heavy atom. The van der Waals surface area contributed by atoms with Crippen LogP contribution in [0.1, 0.15) is 65.2 Å². The van der Waals surface area contributed by atoms with Gasteiger partial charge in [-0.3, -0.25) is 4.79 Å². The summed E-state index contributed by atoms with van der Waals surface area (Å²) >= 11 is 0. The molecule has 0 aromatic carbocycles. The van der Waals surface area contributed by atoms with Gasteiger partial charge in [-0.2, -0.15) is 0 Å². The first-order chi connectivity index (χ1) is 12.8. The van der Waals surface area contributed by atoms with E-state index in [1.54, 1.807) is 0 Å². The van der Waals surface area contributed by atoms with Gasteiger partial charge in [0.1, 0.15) is 11.4 Å². The predicted molar refractivity (Wildman–Crippen MR) is 101 cm³/mol. The van der Waals surface area contributed by atoms with Crippen LogP contribution >= 0.6 is 0 Å². The van der Waals surface area contributed by atoms with Crippen LogP contribution < -0.4 is 0 Å². The molecule has 1 spiro atoms. The summed E-state index contributed by atoms with van der Waals surface area (Å²) in [6, 6.07) is 0. The van der Waals surface area contributed by atoms with E-state index in [0.717, 1.165) is 32.1 Å². The molecule has 5 aliphatic rings. The molecule has 7 atom stereocenters. The Labute approximate surface area is 162 Å². The Morgan fingerprint density at radius 3 is 2.52 bits per heavy atom. The first-order valence-corrected chi connectivity index (χ1v) is 10.8. The van der Waals surface area contributed by atoms with E-state index in [-0.39, 0.29) is 16.7 Å². The topological polar surface area (TPSA) is 55.8 Å². The molecule has 5 fully saturated rings. The minimum atomic E-state index is -0.997. The third-order valence-electron chi connectivity index (χ3n) is 9.50. The van der Waals surface area contributed by atoms with E-state index in [9.17, 15) is 9.90 Å². The molecule has 4 nitrogen and oxygen atoms in total. The van der Waals surface area contributed by atoms with Crippen molar-refractivity contribution in [2.45, 2.75) is 76.6 Å². The van der Waals surface area contributed by atoms with Gasteiger partial charge in [0, 0.05) is 24.2 Å². The second-order valence-electron chi connectivity index (χ2n) is 10.5. The van der Waals surface area contributed by atoms with Crippen molar-refractivity contribution in [1.82, 2.24) is 0 Å². The minimum Gasteiger partial charge on any atom is -0.378 e. The van der Waals surface area contributed by atoms with Crippen LogP contribution in [0.15, 0.2) is 0 Å². The van der Waals surface area contributed by atoms with E-state index >= 15 is 0 Å². The van der Waals surface area contributed by atoms with Crippen LogP contribution in [0.2, 0.25) is 0 Å². The quantitative estimate of drug-likeness (QED) is 0.663. The van der Waals surface area contributed by atoms with Crippen LogP contribution in [0.25, 0.3) is 0 Å². The van der Waals surface area contributed by atoms with E-state index in [2.05, 4.69) is 19.8 Å². The van der Waals surface area contributed by atoms with Gasteiger partial charge >= 0.3 is 0 Å². The molecule has 0 aromatic heterocycles. The van der Waals surface area contributed by atoms with Gasteiger partial charge in [-0.05, 0) is 61.7 Å². The van der Waals surface area contributed by atoms with Gasteiger partial charge in [0.25, 0.3) is 0 Å². The maximum Gasteiger partial charge on any atom is 0.172 e. The fraction of sp³-hybridized carbons (Fsp3) is 0.870. The SMILES string of the molecule is C#C[C@@]1(O)CC[C@@]2(C)[C@@H](CC3(OCCO3)[C@@H]3[C@H]4CCC(=O)[C@@]4(C)CC[C@@H]32)C1. The summed E-state index contributed by atoms with van der Waals surface area (Å²) in [7, 11) is 0. The number of rotatable bonds is 0. The lowest BCUT2D eigenvalue weighted by Gasteiger charge is -2.64. The highest BCUT2D eigenvalue weighted by atomic mass is 16.7. The fourth-order valence-electron chi connectivity index (χ4n) is 7.87. The second kappa shape index (κ2) is 5.59. The van der Waals surface area contributed by atoms with Crippen molar-refractivity contribution >= 4 is 5.78 Å². The summed E-state index contributed by atoms with van der Waals surface area (Å²) in [6.45, 7) is 5.86. The van der Waals surface area contributed by atoms with Gasteiger partial charge < -0.3 is 14.6 Å².